The first-order chi connectivity index (χ1) is 16.1. The Morgan fingerprint density at radius 2 is 1.70 bits per heavy atom. The maximum absolute atomic E-state index is 12.9. The molecule has 2 aliphatic heterocycles. The van der Waals surface area contributed by atoms with Crippen LogP contribution < -0.4 is 5.32 Å². The normalized spacial score (nSPS) is 16.6. The van der Waals surface area contributed by atoms with Gasteiger partial charge in [-0.1, -0.05) is 78.0 Å². The number of amides is 2. The predicted molar refractivity (Wildman–Crippen MR) is 132 cm³/mol. The van der Waals surface area contributed by atoms with Crippen LogP contribution in [0.15, 0.2) is 88.8 Å². The number of hydrogen-bond acceptors (Lipinski definition) is 5. The molecule has 0 saturated carbocycles. The van der Waals surface area contributed by atoms with Crippen molar-refractivity contribution in [3.05, 3.63) is 101 Å². The third-order valence-corrected chi connectivity index (χ3v) is 6.56. The van der Waals surface area contributed by atoms with E-state index in [2.05, 4.69) is 10.3 Å². The van der Waals surface area contributed by atoms with Crippen LogP contribution in [0.3, 0.4) is 0 Å². The Kier molecular flexibility index (Phi) is 5.98. The molecule has 1 unspecified atom stereocenters. The van der Waals surface area contributed by atoms with Crippen molar-refractivity contribution in [1.29, 1.82) is 0 Å². The summed E-state index contributed by atoms with van der Waals surface area (Å²) in [7, 11) is 0. The molecule has 5 rings (SSSR count). The number of amidine groups is 2. The van der Waals surface area contributed by atoms with Gasteiger partial charge >= 0.3 is 0 Å². The van der Waals surface area contributed by atoms with Crippen LogP contribution in [-0.4, -0.2) is 33.5 Å². The summed E-state index contributed by atoms with van der Waals surface area (Å²) >= 11 is 7.21. The number of carbonyl (C=O) groups is 2. The molecule has 0 radical (unpaired) electrons. The van der Waals surface area contributed by atoms with Crippen molar-refractivity contribution in [3.8, 4) is 0 Å². The molecule has 0 aromatic heterocycles. The molecule has 2 heterocycles. The second-order valence-corrected chi connectivity index (χ2v) is 8.94. The number of halogens is 1. The molecular weight excluding hydrogens is 456 g/mol. The molecule has 1 atom stereocenters. The SMILES string of the molecule is O=C(CSC1=Nc2ccccc2C2=NC(=O)C(c3ccccc3)N12)NCc1ccc(Cl)cc1. The van der Waals surface area contributed by atoms with Gasteiger partial charge < -0.3 is 5.32 Å². The van der Waals surface area contributed by atoms with Gasteiger partial charge in [0.1, 0.15) is 11.9 Å². The number of carbonyl (C=O) groups excluding carboxylic acids is 2. The van der Waals surface area contributed by atoms with Gasteiger partial charge in [0.2, 0.25) is 5.91 Å². The zero-order valence-electron chi connectivity index (χ0n) is 17.4. The zero-order valence-corrected chi connectivity index (χ0v) is 19.0. The molecular formula is C25H19ClN4O2S. The van der Waals surface area contributed by atoms with E-state index in [1.165, 1.54) is 11.8 Å². The third kappa shape index (κ3) is 4.42. The maximum Gasteiger partial charge on any atom is 0.275 e. The minimum absolute atomic E-state index is 0.128. The quantitative estimate of drug-likeness (QED) is 0.580. The first-order valence-corrected chi connectivity index (χ1v) is 11.8. The van der Waals surface area contributed by atoms with Gasteiger partial charge in [0.25, 0.3) is 5.91 Å². The molecule has 33 heavy (non-hydrogen) atoms. The maximum atomic E-state index is 12.9. The molecule has 1 N–H and O–H groups in total. The topological polar surface area (TPSA) is 74.1 Å². The van der Waals surface area contributed by atoms with E-state index in [9.17, 15) is 9.59 Å². The van der Waals surface area contributed by atoms with Crippen LogP contribution >= 0.6 is 23.4 Å². The van der Waals surface area contributed by atoms with E-state index in [0.29, 0.717) is 22.6 Å². The van der Waals surface area contributed by atoms with Crippen molar-refractivity contribution < 1.29 is 9.59 Å². The first kappa shape index (κ1) is 21.4. The number of thioether (sulfide) groups is 1. The van der Waals surface area contributed by atoms with Crippen molar-refractivity contribution in [1.82, 2.24) is 10.2 Å². The zero-order chi connectivity index (χ0) is 22.8. The van der Waals surface area contributed by atoms with Gasteiger partial charge in [0.15, 0.2) is 5.17 Å². The van der Waals surface area contributed by atoms with E-state index < -0.39 is 6.04 Å². The predicted octanol–water partition coefficient (Wildman–Crippen LogP) is 4.72. The number of nitrogens with one attached hydrogen (secondary N) is 1. The highest BCUT2D eigenvalue weighted by molar-refractivity contribution is 8.14. The van der Waals surface area contributed by atoms with Gasteiger partial charge in [-0.3, -0.25) is 14.5 Å². The summed E-state index contributed by atoms with van der Waals surface area (Å²) in [5, 5.41) is 4.15. The Bertz CT molecular complexity index is 1280. The number of nitrogens with zero attached hydrogens (tertiary/aromatic N) is 3. The van der Waals surface area contributed by atoms with Crippen LogP contribution in [0.1, 0.15) is 22.7 Å². The van der Waals surface area contributed by atoms with E-state index in [-0.39, 0.29) is 17.6 Å². The summed E-state index contributed by atoms with van der Waals surface area (Å²) in [6.45, 7) is 0.410. The first-order valence-electron chi connectivity index (χ1n) is 10.4. The van der Waals surface area contributed by atoms with Crippen molar-refractivity contribution in [2.75, 3.05) is 5.75 Å². The molecule has 2 amide bonds. The Morgan fingerprint density at radius 1 is 0.970 bits per heavy atom. The van der Waals surface area contributed by atoms with E-state index in [4.69, 9.17) is 16.6 Å². The average molecular weight is 475 g/mol. The Balaban J connectivity index is 1.36. The standard InChI is InChI=1S/C25H19ClN4O2S/c26-18-12-10-16(11-13-18)14-27-21(31)15-33-25-28-20-9-5-4-8-19(20)23-29-24(32)22(30(23)25)17-6-2-1-3-7-17/h1-13,22H,14-15H2,(H,27,31). The number of aliphatic imine (C=N–C) groups is 2. The summed E-state index contributed by atoms with van der Waals surface area (Å²) in [4.78, 5) is 36.5. The minimum atomic E-state index is -0.599. The van der Waals surface area contributed by atoms with Crippen LogP contribution in [0.2, 0.25) is 5.02 Å². The average Bonchev–Trinajstić information content (AvgIpc) is 3.20. The largest absolute Gasteiger partial charge is 0.351 e. The Hall–Kier alpha value is -3.42. The molecule has 0 spiro atoms. The summed E-state index contributed by atoms with van der Waals surface area (Å²) in [5.41, 5.74) is 3.34. The van der Waals surface area contributed by atoms with Crippen LogP contribution in [-0.2, 0) is 16.1 Å². The monoisotopic (exact) mass is 474 g/mol. The second-order valence-electron chi connectivity index (χ2n) is 7.56. The van der Waals surface area contributed by atoms with E-state index in [0.717, 1.165) is 22.4 Å². The number of rotatable bonds is 5. The van der Waals surface area contributed by atoms with Gasteiger partial charge in [0.05, 0.1) is 11.4 Å². The molecule has 0 bridgehead atoms. The minimum Gasteiger partial charge on any atom is -0.351 e. The van der Waals surface area contributed by atoms with Gasteiger partial charge in [-0.2, -0.15) is 4.99 Å². The van der Waals surface area contributed by atoms with E-state index >= 15 is 0 Å². The molecule has 3 aromatic carbocycles. The fourth-order valence-corrected chi connectivity index (χ4v) is 4.76. The van der Waals surface area contributed by atoms with Crippen molar-refractivity contribution in [2.45, 2.75) is 12.6 Å². The van der Waals surface area contributed by atoms with Gasteiger partial charge in [-0.15, -0.1) is 0 Å². The highest BCUT2D eigenvalue weighted by atomic mass is 35.5. The molecule has 3 aromatic rings. The van der Waals surface area contributed by atoms with Crippen molar-refractivity contribution >= 4 is 51.9 Å². The van der Waals surface area contributed by atoms with Crippen LogP contribution in [0.4, 0.5) is 5.69 Å². The number of hydrogen-bond donors (Lipinski definition) is 1. The third-order valence-electron chi connectivity index (χ3n) is 5.35. The van der Waals surface area contributed by atoms with Gasteiger partial charge in [-0.05, 0) is 35.4 Å². The van der Waals surface area contributed by atoms with Crippen LogP contribution in [0.25, 0.3) is 0 Å². The lowest BCUT2D eigenvalue weighted by Crippen LogP contribution is -2.39. The van der Waals surface area contributed by atoms with Crippen LogP contribution in [0.5, 0.6) is 0 Å². The van der Waals surface area contributed by atoms with E-state index in [1.807, 2.05) is 71.6 Å². The highest BCUT2D eigenvalue weighted by Crippen LogP contribution is 2.39. The number of benzene rings is 3. The van der Waals surface area contributed by atoms with Gasteiger partial charge in [0, 0.05) is 17.1 Å². The second kappa shape index (κ2) is 9.21. The fourth-order valence-electron chi connectivity index (χ4n) is 3.77. The summed E-state index contributed by atoms with van der Waals surface area (Å²) < 4.78 is 0. The molecule has 164 valence electrons. The van der Waals surface area contributed by atoms with Gasteiger partial charge in [-0.25, -0.2) is 4.99 Å². The lowest BCUT2D eigenvalue weighted by atomic mass is 10.0. The fraction of sp³-hybridized carbons (Fsp3) is 0.120. The van der Waals surface area contributed by atoms with E-state index in [1.54, 1.807) is 12.1 Å². The molecule has 0 saturated heterocycles. The Morgan fingerprint density at radius 3 is 2.48 bits per heavy atom. The summed E-state index contributed by atoms with van der Waals surface area (Å²) in [5.74, 6) is 0.363. The lowest BCUT2D eigenvalue weighted by Gasteiger charge is -2.31. The number of fused-ring (bicyclic) bond motifs is 3. The molecule has 2 aliphatic rings. The Labute approximate surface area is 200 Å². The highest BCUT2D eigenvalue weighted by Gasteiger charge is 2.42. The molecule has 8 heteroatoms. The van der Waals surface area contributed by atoms with Crippen molar-refractivity contribution in [3.63, 3.8) is 0 Å². The molecule has 0 aliphatic carbocycles. The summed E-state index contributed by atoms with van der Waals surface area (Å²) in [6.07, 6.45) is 0. The van der Waals surface area contributed by atoms with Crippen LogP contribution in [0, 0.1) is 0 Å². The molecule has 0 fully saturated rings. The number of para-hydroxylation sites is 1. The molecule has 6 nitrogen and oxygen atoms in total. The lowest BCUT2D eigenvalue weighted by molar-refractivity contribution is -0.120. The smallest absolute Gasteiger partial charge is 0.275 e. The summed E-state index contributed by atoms with van der Waals surface area (Å²) in [6, 6.07) is 23.8. The van der Waals surface area contributed by atoms with Crippen molar-refractivity contribution in [2.24, 2.45) is 9.98 Å².